The quantitative estimate of drug-likeness (QED) is 0.388. The second-order valence-corrected chi connectivity index (χ2v) is 9.89. The highest BCUT2D eigenvalue weighted by molar-refractivity contribution is 7.92. The van der Waals surface area contributed by atoms with Crippen molar-refractivity contribution in [1.82, 2.24) is 8.75 Å². The Labute approximate surface area is 200 Å². The number of rotatable bonds is 7. The zero-order valence-corrected chi connectivity index (χ0v) is 19.9. The van der Waals surface area contributed by atoms with Crippen LogP contribution in [0, 0.1) is 6.92 Å². The molecule has 34 heavy (non-hydrogen) atoms. The van der Waals surface area contributed by atoms with Gasteiger partial charge in [-0.05, 0) is 55.5 Å². The maximum absolute atomic E-state index is 12.8. The smallest absolute Gasteiger partial charge is 0.338 e. The standard InChI is InChI=1S/C23H20N4O5S2/c1-15-6-12-18(13-7-15)34(30,31)27(2)17-10-8-16(9-11-17)23(29)32-14-21(28)24-19-4-3-5-20-22(19)26-33-25-20/h3-13H,14H2,1-2H3,(H,24,28). The van der Waals surface area contributed by atoms with E-state index >= 15 is 0 Å². The number of nitrogens with one attached hydrogen (secondary N) is 1. The lowest BCUT2D eigenvalue weighted by molar-refractivity contribution is -0.119. The number of esters is 1. The summed E-state index contributed by atoms with van der Waals surface area (Å²) in [6.45, 7) is 1.39. The van der Waals surface area contributed by atoms with Crippen LogP contribution >= 0.6 is 11.7 Å². The average molecular weight is 497 g/mol. The molecule has 174 valence electrons. The van der Waals surface area contributed by atoms with E-state index < -0.39 is 28.5 Å². The highest BCUT2D eigenvalue weighted by atomic mass is 32.2. The number of sulfonamides is 1. The van der Waals surface area contributed by atoms with Crippen LogP contribution in [-0.4, -0.2) is 42.7 Å². The van der Waals surface area contributed by atoms with Crippen molar-refractivity contribution in [2.45, 2.75) is 11.8 Å². The van der Waals surface area contributed by atoms with Crippen molar-refractivity contribution in [3.8, 4) is 0 Å². The number of anilines is 2. The highest BCUT2D eigenvalue weighted by Gasteiger charge is 2.21. The van der Waals surface area contributed by atoms with Crippen LogP contribution in [0.5, 0.6) is 0 Å². The van der Waals surface area contributed by atoms with Gasteiger partial charge >= 0.3 is 5.97 Å². The third kappa shape index (κ3) is 4.90. The molecule has 0 bridgehead atoms. The predicted molar refractivity (Wildman–Crippen MR) is 130 cm³/mol. The topological polar surface area (TPSA) is 119 Å². The number of hydrogen-bond donors (Lipinski definition) is 1. The maximum atomic E-state index is 12.8. The van der Waals surface area contributed by atoms with Crippen molar-refractivity contribution in [2.24, 2.45) is 0 Å². The van der Waals surface area contributed by atoms with Crippen molar-refractivity contribution in [1.29, 1.82) is 0 Å². The van der Waals surface area contributed by atoms with Gasteiger partial charge in [-0.2, -0.15) is 8.75 Å². The fourth-order valence-electron chi connectivity index (χ4n) is 3.12. The molecule has 0 aliphatic heterocycles. The van der Waals surface area contributed by atoms with Crippen LogP contribution in [0.4, 0.5) is 11.4 Å². The Balaban J connectivity index is 1.37. The number of hydrogen-bond acceptors (Lipinski definition) is 8. The second kappa shape index (κ2) is 9.57. The van der Waals surface area contributed by atoms with Crippen LogP contribution in [0.2, 0.25) is 0 Å². The molecule has 0 spiro atoms. The van der Waals surface area contributed by atoms with Crippen LogP contribution in [0.3, 0.4) is 0 Å². The molecular weight excluding hydrogens is 476 g/mol. The molecule has 11 heteroatoms. The molecule has 4 rings (SSSR count). The van der Waals surface area contributed by atoms with Gasteiger partial charge in [0.1, 0.15) is 11.0 Å². The Morgan fingerprint density at radius 1 is 1.00 bits per heavy atom. The van der Waals surface area contributed by atoms with Gasteiger partial charge in [-0.1, -0.05) is 23.8 Å². The maximum Gasteiger partial charge on any atom is 0.338 e. The molecular formula is C23H20N4O5S2. The average Bonchev–Trinajstić information content (AvgIpc) is 3.32. The summed E-state index contributed by atoms with van der Waals surface area (Å²) >= 11 is 1.04. The molecule has 4 aromatic rings. The molecule has 0 aliphatic carbocycles. The molecule has 0 atom stereocenters. The number of carbonyl (C=O) groups excluding carboxylic acids is 2. The number of carbonyl (C=O) groups is 2. The predicted octanol–water partition coefficient (Wildman–Crippen LogP) is 3.62. The summed E-state index contributed by atoms with van der Waals surface area (Å²) in [5.41, 5.74) is 3.22. The number of fused-ring (bicyclic) bond motifs is 1. The zero-order chi connectivity index (χ0) is 24.3. The van der Waals surface area contributed by atoms with Crippen molar-refractivity contribution >= 4 is 56.0 Å². The molecule has 0 saturated heterocycles. The summed E-state index contributed by atoms with van der Waals surface area (Å²) in [7, 11) is -2.31. The number of benzene rings is 3. The molecule has 1 amide bonds. The first-order valence-corrected chi connectivity index (χ1v) is 12.3. The van der Waals surface area contributed by atoms with Gasteiger partial charge in [-0.25, -0.2) is 13.2 Å². The van der Waals surface area contributed by atoms with Crippen LogP contribution in [0.1, 0.15) is 15.9 Å². The monoisotopic (exact) mass is 496 g/mol. The van der Waals surface area contributed by atoms with Crippen LogP contribution in [0.15, 0.2) is 71.6 Å². The van der Waals surface area contributed by atoms with Gasteiger partial charge in [0.25, 0.3) is 15.9 Å². The molecule has 0 unspecified atom stereocenters. The number of amides is 1. The van der Waals surface area contributed by atoms with Gasteiger partial charge in [0, 0.05) is 7.05 Å². The van der Waals surface area contributed by atoms with E-state index in [1.165, 1.54) is 31.3 Å². The molecule has 1 N–H and O–H groups in total. The van der Waals surface area contributed by atoms with E-state index in [2.05, 4.69) is 14.1 Å². The second-order valence-electron chi connectivity index (χ2n) is 7.39. The molecule has 0 radical (unpaired) electrons. The molecule has 1 heterocycles. The first-order valence-electron chi connectivity index (χ1n) is 10.1. The van der Waals surface area contributed by atoms with E-state index in [0.29, 0.717) is 22.4 Å². The van der Waals surface area contributed by atoms with Gasteiger partial charge < -0.3 is 10.1 Å². The SMILES string of the molecule is Cc1ccc(S(=O)(=O)N(C)c2ccc(C(=O)OCC(=O)Nc3cccc4nsnc34)cc2)cc1. The molecule has 0 aliphatic rings. The Morgan fingerprint density at radius 2 is 1.71 bits per heavy atom. The third-order valence-electron chi connectivity index (χ3n) is 5.04. The van der Waals surface area contributed by atoms with Crippen LogP contribution in [0.25, 0.3) is 11.0 Å². The third-order valence-corrected chi connectivity index (χ3v) is 7.38. The van der Waals surface area contributed by atoms with Gasteiger partial charge in [0.15, 0.2) is 6.61 Å². The van der Waals surface area contributed by atoms with E-state index in [0.717, 1.165) is 21.6 Å². The van der Waals surface area contributed by atoms with Crippen molar-refractivity contribution in [3.05, 3.63) is 77.9 Å². The van der Waals surface area contributed by atoms with E-state index in [9.17, 15) is 18.0 Å². The summed E-state index contributed by atoms with van der Waals surface area (Å²) in [6, 6.07) is 17.6. The van der Waals surface area contributed by atoms with Gasteiger partial charge in [0.05, 0.1) is 33.6 Å². The summed E-state index contributed by atoms with van der Waals surface area (Å²) < 4.78 is 40.1. The lowest BCUT2D eigenvalue weighted by atomic mass is 10.2. The number of nitrogens with zero attached hydrogens (tertiary/aromatic N) is 3. The van der Waals surface area contributed by atoms with E-state index in [1.807, 2.05) is 6.92 Å². The van der Waals surface area contributed by atoms with E-state index in [4.69, 9.17) is 4.74 Å². The molecule has 1 aromatic heterocycles. The minimum absolute atomic E-state index is 0.166. The van der Waals surface area contributed by atoms with Crippen molar-refractivity contribution in [2.75, 3.05) is 23.3 Å². The Morgan fingerprint density at radius 3 is 2.41 bits per heavy atom. The van der Waals surface area contributed by atoms with Gasteiger partial charge in [0.2, 0.25) is 0 Å². The normalized spacial score (nSPS) is 11.2. The molecule has 0 saturated carbocycles. The van der Waals surface area contributed by atoms with E-state index in [-0.39, 0.29) is 10.5 Å². The van der Waals surface area contributed by atoms with Crippen LogP contribution in [-0.2, 0) is 19.6 Å². The Hall–Kier alpha value is -3.83. The number of ether oxygens (including phenoxy) is 1. The summed E-state index contributed by atoms with van der Waals surface area (Å²) in [6.07, 6.45) is 0. The van der Waals surface area contributed by atoms with E-state index in [1.54, 1.807) is 42.5 Å². The summed E-state index contributed by atoms with van der Waals surface area (Å²) in [4.78, 5) is 24.7. The fraction of sp³-hybridized carbons (Fsp3) is 0.130. The van der Waals surface area contributed by atoms with Gasteiger partial charge in [-0.15, -0.1) is 0 Å². The Bertz CT molecular complexity index is 1450. The van der Waals surface area contributed by atoms with Gasteiger partial charge in [-0.3, -0.25) is 9.10 Å². The molecule has 0 fully saturated rings. The summed E-state index contributed by atoms with van der Waals surface area (Å²) in [5, 5.41) is 2.65. The highest BCUT2D eigenvalue weighted by Crippen LogP contribution is 2.23. The summed E-state index contributed by atoms with van der Waals surface area (Å²) in [5.74, 6) is -1.23. The van der Waals surface area contributed by atoms with Crippen molar-refractivity contribution < 1.29 is 22.7 Å². The zero-order valence-electron chi connectivity index (χ0n) is 18.3. The first kappa shape index (κ1) is 23.3. The van der Waals surface area contributed by atoms with Crippen molar-refractivity contribution in [3.63, 3.8) is 0 Å². The Kier molecular flexibility index (Phi) is 6.57. The number of aryl methyl sites for hydroxylation is 1. The lowest BCUT2D eigenvalue weighted by Gasteiger charge is -2.19. The minimum Gasteiger partial charge on any atom is -0.452 e. The minimum atomic E-state index is -3.75. The molecule has 9 nitrogen and oxygen atoms in total. The largest absolute Gasteiger partial charge is 0.452 e. The first-order chi connectivity index (χ1) is 16.3. The fourth-order valence-corrected chi connectivity index (χ4v) is 4.87. The van der Waals surface area contributed by atoms with Crippen LogP contribution < -0.4 is 9.62 Å². The number of aromatic nitrogens is 2. The molecule has 3 aromatic carbocycles. The lowest BCUT2D eigenvalue weighted by Crippen LogP contribution is -2.26.